The van der Waals surface area contributed by atoms with E-state index in [-0.39, 0.29) is 24.1 Å². The molecule has 1 unspecified atom stereocenters. The van der Waals surface area contributed by atoms with Crippen molar-refractivity contribution in [3.63, 3.8) is 0 Å². The maximum atomic E-state index is 15.0. The monoisotopic (exact) mass is 530 g/mol. The van der Waals surface area contributed by atoms with Crippen molar-refractivity contribution in [3.05, 3.63) is 35.4 Å². The number of nitrogens with zero attached hydrogens (tertiary/aromatic N) is 2. The summed E-state index contributed by atoms with van der Waals surface area (Å²) >= 11 is 1.21. The van der Waals surface area contributed by atoms with Crippen LogP contribution in [0.4, 0.5) is 13.6 Å². The Morgan fingerprint density at radius 2 is 1.89 bits per heavy atom. The standard InChI is InChI=1S/C25H40F2N2O4SSi/c1-17-24(5,15-30)34-21(28-25(17,6)18-11-10-12-19(26)20(18)27)29(22(31)33-23(2,3)4)16-32-13-14-35(7,8)9/h10-12,17,30H,13-16H2,1-9H3/t17?,24-,25+/m1/s1. The van der Waals surface area contributed by atoms with Gasteiger partial charge in [-0.05, 0) is 46.7 Å². The second-order valence-corrected chi connectivity index (χ2v) is 18.8. The quantitative estimate of drug-likeness (QED) is 0.257. The Kier molecular flexibility index (Phi) is 9.23. The highest BCUT2D eigenvalue weighted by Crippen LogP contribution is 2.51. The molecule has 1 amide bonds. The smallest absolute Gasteiger partial charge is 0.418 e. The van der Waals surface area contributed by atoms with E-state index in [1.54, 1.807) is 27.7 Å². The Hall–Kier alpha value is -1.49. The van der Waals surface area contributed by atoms with Gasteiger partial charge in [-0.3, -0.25) is 4.99 Å². The van der Waals surface area contributed by atoms with E-state index in [4.69, 9.17) is 14.5 Å². The molecule has 0 saturated heterocycles. The Labute approximate surface area is 213 Å². The third kappa shape index (κ3) is 7.27. The number of halogens is 2. The number of ether oxygens (including phenoxy) is 2. The molecule has 1 aliphatic rings. The zero-order valence-electron chi connectivity index (χ0n) is 22.4. The summed E-state index contributed by atoms with van der Waals surface area (Å²) in [7, 11) is -1.36. The highest BCUT2D eigenvalue weighted by atomic mass is 32.2. The molecule has 1 aliphatic heterocycles. The Morgan fingerprint density at radius 3 is 2.43 bits per heavy atom. The van der Waals surface area contributed by atoms with Crippen molar-refractivity contribution in [2.45, 2.75) is 83.1 Å². The van der Waals surface area contributed by atoms with Crippen molar-refractivity contribution in [1.82, 2.24) is 4.90 Å². The van der Waals surface area contributed by atoms with Crippen LogP contribution in [-0.2, 0) is 15.0 Å². The lowest BCUT2D eigenvalue weighted by atomic mass is 9.74. The van der Waals surface area contributed by atoms with Gasteiger partial charge in [-0.2, -0.15) is 0 Å². The van der Waals surface area contributed by atoms with Gasteiger partial charge in [0.1, 0.15) is 12.3 Å². The summed E-state index contributed by atoms with van der Waals surface area (Å²) in [6.45, 7) is 17.4. The first-order chi connectivity index (χ1) is 15.9. The second kappa shape index (κ2) is 10.9. The summed E-state index contributed by atoms with van der Waals surface area (Å²) in [5.41, 5.74) is -1.96. The number of thioether (sulfide) groups is 1. The van der Waals surface area contributed by atoms with Gasteiger partial charge in [0.15, 0.2) is 16.8 Å². The third-order valence-corrected chi connectivity index (χ3v) is 9.43. The van der Waals surface area contributed by atoms with Crippen LogP contribution in [0, 0.1) is 17.6 Å². The van der Waals surface area contributed by atoms with Crippen LogP contribution in [-0.4, -0.2) is 59.6 Å². The lowest BCUT2D eigenvalue weighted by Gasteiger charge is -2.48. The van der Waals surface area contributed by atoms with Crippen LogP contribution in [0.2, 0.25) is 25.7 Å². The number of aliphatic hydroxyl groups is 1. The van der Waals surface area contributed by atoms with Crippen molar-refractivity contribution < 1.29 is 28.2 Å². The van der Waals surface area contributed by atoms with Gasteiger partial charge in [-0.1, -0.05) is 50.5 Å². The Morgan fingerprint density at radius 1 is 1.26 bits per heavy atom. The van der Waals surface area contributed by atoms with Crippen LogP contribution in [0.15, 0.2) is 23.2 Å². The summed E-state index contributed by atoms with van der Waals surface area (Å²) in [6, 6.07) is 4.89. The van der Waals surface area contributed by atoms with Crippen molar-refractivity contribution in [2.75, 3.05) is 19.9 Å². The number of hydrogen-bond donors (Lipinski definition) is 1. The minimum atomic E-state index is -1.36. The third-order valence-electron chi connectivity index (χ3n) is 6.28. The lowest BCUT2D eigenvalue weighted by Crippen LogP contribution is -2.53. The van der Waals surface area contributed by atoms with Crippen molar-refractivity contribution in [2.24, 2.45) is 10.9 Å². The summed E-state index contributed by atoms with van der Waals surface area (Å²) in [5, 5.41) is 10.6. The molecule has 1 N–H and O–H groups in total. The molecule has 3 atom stereocenters. The average Bonchev–Trinajstić information content (AvgIpc) is 2.71. The molecule has 0 spiro atoms. The van der Waals surface area contributed by atoms with Gasteiger partial charge in [-0.25, -0.2) is 18.5 Å². The van der Waals surface area contributed by atoms with E-state index >= 15 is 0 Å². The summed E-state index contributed by atoms with van der Waals surface area (Å²) in [6.07, 6.45) is -0.659. The first kappa shape index (κ1) is 29.7. The van der Waals surface area contributed by atoms with Gasteiger partial charge in [0, 0.05) is 30.9 Å². The van der Waals surface area contributed by atoms with Crippen LogP contribution in [0.5, 0.6) is 0 Å². The molecule has 2 rings (SSSR count). The minimum Gasteiger partial charge on any atom is -0.443 e. The van der Waals surface area contributed by atoms with Crippen LogP contribution in [0.3, 0.4) is 0 Å². The fourth-order valence-corrected chi connectivity index (χ4v) is 5.84. The van der Waals surface area contributed by atoms with Gasteiger partial charge < -0.3 is 14.6 Å². The molecule has 0 radical (unpaired) electrons. The number of hydrogen-bond acceptors (Lipinski definition) is 6. The van der Waals surface area contributed by atoms with E-state index in [0.29, 0.717) is 6.61 Å². The molecular weight excluding hydrogens is 490 g/mol. The van der Waals surface area contributed by atoms with Crippen molar-refractivity contribution in [3.8, 4) is 0 Å². The van der Waals surface area contributed by atoms with E-state index in [0.717, 1.165) is 12.1 Å². The van der Waals surface area contributed by atoms with Crippen LogP contribution < -0.4 is 0 Å². The van der Waals surface area contributed by atoms with E-state index in [9.17, 15) is 18.7 Å². The van der Waals surface area contributed by atoms with Crippen LogP contribution in [0.25, 0.3) is 0 Å². The van der Waals surface area contributed by atoms with Crippen LogP contribution in [0.1, 0.15) is 47.1 Å². The zero-order chi connectivity index (χ0) is 26.8. The van der Waals surface area contributed by atoms with Gasteiger partial charge in [0.05, 0.1) is 12.1 Å². The maximum Gasteiger partial charge on any atom is 0.418 e. The predicted molar refractivity (Wildman–Crippen MR) is 140 cm³/mol. The van der Waals surface area contributed by atoms with Gasteiger partial charge in [0.25, 0.3) is 0 Å². The molecule has 10 heteroatoms. The van der Waals surface area contributed by atoms with E-state index in [2.05, 4.69) is 19.6 Å². The number of amidine groups is 1. The predicted octanol–water partition coefficient (Wildman–Crippen LogP) is 6.22. The highest BCUT2D eigenvalue weighted by molar-refractivity contribution is 8.15. The molecule has 198 valence electrons. The molecule has 1 aromatic rings. The molecule has 0 aromatic heterocycles. The number of amides is 1. The first-order valence-electron chi connectivity index (χ1n) is 11.9. The van der Waals surface area contributed by atoms with E-state index in [1.165, 1.54) is 28.8 Å². The van der Waals surface area contributed by atoms with Gasteiger partial charge in [0.2, 0.25) is 0 Å². The molecule has 35 heavy (non-hydrogen) atoms. The molecule has 6 nitrogen and oxygen atoms in total. The van der Waals surface area contributed by atoms with Crippen LogP contribution >= 0.6 is 11.8 Å². The van der Waals surface area contributed by atoms with E-state index < -0.39 is 47.6 Å². The Balaban J connectivity index is 2.56. The molecule has 1 heterocycles. The zero-order valence-corrected chi connectivity index (χ0v) is 24.2. The Bertz CT molecular complexity index is 950. The number of aliphatic hydroxyl groups excluding tert-OH is 1. The summed E-state index contributed by atoms with van der Waals surface area (Å²) < 4.78 is 39.8. The first-order valence-corrected chi connectivity index (χ1v) is 16.4. The normalized spacial score (nSPS) is 25.3. The largest absolute Gasteiger partial charge is 0.443 e. The van der Waals surface area contributed by atoms with Gasteiger partial charge in [-0.15, -0.1) is 0 Å². The van der Waals surface area contributed by atoms with Crippen molar-refractivity contribution >= 4 is 31.1 Å². The summed E-state index contributed by atoms with van der Waals surface area (Å²) in [4.78, 5) is 19.3. The fraction of sp³-hybridized carbons (Fsp3) is 0.680. The SMILES string of the molecule is CC1[C@@](C)(CO)SC(N(COCC[Si](C)(C)C)C(=O)OC(C)(C)C)=N[C@]1(C)c1cccc(F)c1F. The second-order valence-electron chi connectivity index (χ2n) is 11.7. The highest BCUT2D eigenvalue weighted by Gasteiger charge is 2.52. The minimum absolute atomic E-state index is 0.0614. The number of carbonyl (C=O) groups is 1. The fourth-order valence-electron chi connectivity index (χ4n) is 3.72. The molecule has 0 fully saturated rings. The topological polar surface area (TPSA) is 71.4 Å². The molecule has 0 bridgehead atoms. The number of carbonyl (C=O) groups excluding carboxylic acids is 1. The average molecular weight is 531 g/mol. The maximum absolute atomic E-state index is 15.0. The number of rotatable bonds is 7. The molecule has 1 aromatic carbocycles. The van der Waals surface area contributed by atoms with Gasteiger partial charge >= 0.3 is 6.09 Å². The number of benzene rings is 1. The molecule has 0 aliphatic carbocycles. The van der Waals surface area contributed by atoms with E-state index in [1.807, 2.05) is 13.8 Å². The number of aliphatic imine (C=N–C) groups is 1. The lowest BCUT2D eigenvalue weighted by molar-refractivity contribution is 0.0107. The molecule has 0 saturated carbocycles. The molecular formula is C25H40F2N2O4SSi. The summed E-state index contributed by atoms with van der Waals surface area (Å²) in [5.74, 6) is -2.37. The van der Waals surface area contributed by atoms with Crippen molar-refractivity contribution in [1.29, 1.82) is 0 Å².